The fourth-order valence-corrected chi connectivity index (χ4v) is 3.52. The summed E-state index contributed by atoms with van der Waals surface area (Å²) >= 11 is 7.52. The van der Waals surface area contributed by atoms with Crippen LogP contribution in [0.15, 0.2) is 24.3 Å². The molecule has 0 amide bonds. The van der Waals surface area contributed by atoms with E-state index in [2.05, 4.69) is 22.0 Å². The van der Waals surface area contributed by atoms with E-state index >= 15 is 0 Å². The van der Waals surface area contributed by atoms with E-state index < -0.39 is 7.12 Å². The van der Waals surface area contributed by atoms with Crippen LogP contribution in [0.2, 0.25) is 5.02 Å². The van der Waals surface area contributed by atoms with Crippen LogP contribution in [-0.4, -0.2) is 35.2 Å². The maximum Gasteiger partial charge on any atom is 0.490 e. The van der Waals surface area contributed by atoms with Gasteiger partial charge in [0, 0.05) is 23.6 Å². The third-order valence-corrected chi connectivity index (χ3v) is 4.37. The molecule has 19 heavy (non-hydrogen) atoms. The van der Waals surface area contributed by atoms with E-state index in [9.17, 15) is 10.0 Å². The molecule has 0 spiro atoms. The summed E-state index contributed by atoms with van der Waals surface area (Å²) in [5, 5.41) is 20.2. The number of nitrogens with zero attached hydrogens (tertiary/aromatic N) is 2. The quantitative estimate of drug-likeness (QED) is 0.649. The van der Waals surface area contributed by atoms with Crippen LogP contribution in [0, 0.1) is 0 Å². The Hall–Kier alpha value is -1.08. The Kier molecular flexibility index (Phi) is 3.49. The smallest absolute Gasteiger partial charge is 0.423 e. The standard InChI is InChI=1S/C12H12BClN2O2S/c14-8-6-9(13(17)18)11-10(7-8)19-12(15-11)16-4-2-1-3-5-16/h1-2,6-7,17-18H,3-5H2. The van der Waals surface area contributed by atoms with Crippen LogP contribution in [0.3, 0.4) is 0 Å². The monoisotopic (exact) mass is 294 g/mol. The van der Waals surface area contributed by atoms with Gasteiger partial charge in [0.25, 0.3) is 0 Å². The molecule has 3 rings (SSSR count). The summed E-state index contributed by atoms with van der Waals surface area (Å²) in [5.74, 6) is 0. The highest BCUT2D eigenvalue weighted by Gasteiger charge is 2.21. The Labute approximate surface area is 120 Å². The van der Waals surface area contributed by atoms with Gasteiger partial charge in [-0.3, -0.25) is 0 Å². The first kappa shape index (κ1) is 12.9. The molecular formula is C12H12BClN2O2S. The second-order valence-corrected chi connectivity index (χ2v) is 5.86. The molecule has 0 saturated heterocycles. The maximum atomic E-state index is 9.40. The number of aromatic nitrogens is 1. The fraction of sp³-hybridized carbons (Fsp3) is 0.250. The van der Waals surface area contributed by atoms with Crippen LogP contribution in [0.25, 0.3) is 10.2 Å². The predicted octanol–water partition coefficient (Wildman–Crippen LogP) is 1.40. The molecule has 1 aromatic carbocycles. The molecule has 0 saturated carbocycles. The highest BCUT2D eigenvalue weighted by atomic mass is 35.5. The molecule has 0 unspecified atom stereocenters. The molecule has 2 N–H and O–H groups in total. The molecule has 2 aromatic rings. The van der Waals surface area contributed by atoms with Gasteiger partial charge in [-0.2, -0.15) is 0 Å². The van der Waals surface area contributed by atoms with Crippen molar-refractivity contribution < 1.29 is 10.0 Å². The summed E-state index contributed by atoms with van der Waals surface area (Å²) in [5.41, 5.74) is 0.978. The molecule has 0 fully saturated rings. The van der Waals surface area contributed by atoms with Gasteiger partial charge in [-0.1, -0.05) is 35.1 Å². The average Bonchev–Trinajstić information content (AvgIpc) is 2.82. The van der Waals surface area contributed by atoms with Crippen molar-refractivity contribution in [2.75, 3.05) is 18.0 Å². The Balaban J connectivity index is 2.09. The lowest BCUT2D eigenvalue weighted by Gasteiger charge is -2.22. The van der Waals surface area contributed by atoms with E-state index in [0.29, 0.717) is 16.0 Å². The minimum atomic E-state index is -1.56. The van der Waals surface area contributed by atoms with E-state index in [1.54, 1.807) is 6.07 Å². The second-order valence-electron chi connectivity index (χ2n) is 4.42. The number of hydrogen-bond acceptors (Lipinski definition) is 5. The SMILES string of the molecule is OB(O)c1cc(Cl)cc2sc(N3CC=CCC3)nc12. The van der Waals surface area contributed by atoms with Gasteiger partial charge in [0.1, 0.15) is 0 Å². The van der Waals surface area contributed by atoms with Gasteiger partial charge in [0.15, 0.2) is 5.13 Å². The third kappa shape index (κ3) is 2.49. The van der Waals surface area contributed by atoms with Crippen molar-refractivity contribution in [3.05, 3.63) is 29.3 Å². The molecular weight excluding hydrogens is 282 g/mol. The van der Waals surface area contributed by atoms with E-state index in [-0.39, 0.29) is 0 Å². The van der Waals surface area contributed by atoms with E-state index in [1.165, 1.54) is 11.3 Å². The summed E-state index contributed by atoms with van der Waals surface area (Å²) in [4.78, 5) is 6.70. The zero-order valence-electron chi connectivity index (χ0n) is 10.1. The van der Waals surface area contributed by atoms with Crippen LogP contribution >= 0.6 is 22.9 Å². The zero-order chi connectivity index (χ0) is 13.4. The Morgan fingerprint density at radius 1 is 1.32 bits per heavy atom. The lowest BCUT2D eigenvalue weighted by Crippen LogP contribution is -2.31. The van der Waals surface area contributed by atoms with Crippen molar-refractivity contribution in [1.29, 1.82) is 0 Å². The van der Waals surface area contributed by atoms with Gasteiger partial charge in [0.2, 0.25) is 0 Å². The number of anilines is 1. The first-order valence-electron chi connectivity index (χ1n) is 6.01. The first-order chi connectivity index (χ1) is 9.15. The van der Waals surface area contributed by atoms with Gasteiger partial charge >= 0.3 is 7.12 Å². The van der Waals surface area contributed by atoms with E-state index in [4.69, 9.17) is 11.6 Å². The fourth-order valence-electron chi connectivity index (χ4n) is 2.16. The zero-order valence-corrected chi connectivity index (χ0v) is 11.7. The number of hydrogen-bond donors (Lipinski definition) is 2. The second kappa shape index (κ2) is 5.13. The molecule has 4 nitrogen and oxygen atoms in total. The van der Waals surface area contributed by atoms with Gasteiger partial charge in [-0.25, -0.2) is 4.98 Å². The normalized spacial score (nSPS) is 15.2. The van der Waals surface area contributed by atoms with Gasteiger partial charge in [-0.15, -0.1) is 0 Å². The molecule has 98 valence electrons. The van der Waals surface area contributed by atoms with Crippen LogP contribution in [0.1, 0.15) is 6.42 Å². The molecule has 0 radical (unpaired) electrons. The number of fused-ring (bicyclic) bond motifs is 1. The summed E-state index contributed by atoms with van der Waals surface area (Å²) in [6.45, 7) is 1.77. The topological polar surface area (TPSA) is 56.6 Å². The van der Waals surface area contributed by atoms with Crippen LogP contribution < -0.4 is 10.4 Å². The highest BCUT2D eigenvalue weighted by molar-refractivity contribution is 7.22. The van der Waals surface area contributed by atoms with Gasteiger partial charge in [0.05, 0.1) is 10.2 Å². The lowest BCUT2D eigenvalue weighted by atomic mass is 9.79. The van der Waals surface area contributed by atoms with Gasteiger partial charge < -0.3 is 14.9 Å². The van der Waals surface area contributed by atoms with E-state index in [0.717, 1.165) is 29.3 Å². The number of benzene rings is 1. The summed E-state index contributed by atoms with van der Waals surface area (Å²) in [7, 11) is -1.56. The summed E-state index contributed by atoms with van der Waals surface area (Å²) < 4.78 is 0.875. The highest BCUT2D eigenvalue weighted by Crippen LogP contribution is 2.30. The molecule has 0 aliphatic carbocycles. The summed E-state index contributed by atoms with van der Waals surface area (Å²) in [6, 6.07) is 3.36. The van der Waals surface area contributed by atoms with E-state index in [1.807, 2.05) is 6.07 Å². The number of thiazole rings is 1. The number of rotatable bonds is 2. The molecule has 0 atom stereocenters. The number of halogens is 1. The van der Waals surface area contributed by atoms with Crippen LogP contribution in [0.4, 0.5) is 5.13 Å². The summed E-state index contributed by atoms with van der Waals surface area (Å²) in [6.07, 6.45) is 5.28. The minimum Gasteiger partial charge on any atom is -0.423 e. The Morgan fingerprint density at radius 3 is 2.84 bits per heavy atom. The Bertz CT molecular complexity index is 644. The minimum absolute atomic E-state index is 0.359. The average molecular weight is 295 g/mol. The van der Waals surface area contributed by atoms with Crippen molar-refractivity contribution in [3.8, 4) is 0 Å². The van der Waals surface area contributed by atoms with Crippen molar-refractivity contribution in [1.82, 2.24) is 4.98 Å². The molecule has 1 aliphatic heterocycles. The molecule has 1 aromatic heterocycles. The van der Waals surface area contributed by atoms with Gasteiger partial charge in [-0.05, 0) is 18.6 Å². The predicted molar refractivity (Wildman–Crippen MR) is 80.4 cm³/mol. The van der Waals surface area contributed by atoms with Crippen molar-refractivity contribution in [2.45, 2.75) is 6.42 Å². The van der Waals surface area contributed by atoms with Crippen LogP contribution in [-0.2, 0) is 0 Å². The van der Waals surface area contributed by atoms with Crippen molar-refractivity contribution >= 4 is 50.9 Å². The van der Waals surface area contributed by atoms with Crippen LogP contribution in [0.5, 0.6) is 0 Å². The Morgan fingerprint density at radius 2 is 2.16 bits per heavy atom. The maximum absolute atomic E-state index is 9.40. The lowest BCUT2D eigenvalue weighted by molar-refractivity contribution is 0.426. The molecule has 2 heterocycles. The van der Waals surface area contributed by atoms with Crippen molar-refractivity contribution in [2.24, 2.45) is 0 Å². The molecule has 0 bridgehead atoms. The molecule has 1 aliphatic rings. The molecule has 7 heteroatoms. The third-order valence-electron chi connectivity index (χ3n) is 3.08. The first-order valence-corrected chi connectivity index (χ1v) is 7.20. The van der Waals surface area contributed by atoms with Crippen molar-refractivity contribution in [3.63, 3.8) is 0 Å². The largest absolute Gasteiger partial charge is 0.490 e.